The molecule has 5 nitrogen and oxygen atoms in total. The molecule has 1 rings (SSSR count). The van der Waals surface area contributed by atoms with E-state index >= 15 is 0 Å². The molecule has 0 radical (unpaired) electrons. The van der Waals surface area contributed by atoms with Gasteiger partial charge < -0.3 is 11.1 Å². The number of urea groups is 1. The number of thiophene rings is 1. The molecule has 0 aliphatic rings. The van der Waals surface area contributed by atoms with Crippen LogP contribution in [0.4, 0.5) is 4.79 Å². The van der Waals surface area contributed by atoms with E-state index in [0.29, 0.717) is 0 Å². The van der Waals surface area contributed by atoms with Crippen LogP contribution in [0.5, 0.6) is 0 Å². The predicted molar refractivity (Wildman–Crippen MR) is 58.5 cm³/mol. The van der Waals surface area contributed by atoms with E-state index in [-0.39, 0.29) is 12.6 Å². The Morgan fingerprint density at radius 2 is 2.33 bits per heavy atom. The van der Waals surface area contributed by atoms with Crippen molar-refractivity contribution in [3.63, 3.8) is 0 Å². The van der Waals surface area contributed by atoms with Crippen molar-refractivity contribution in [2.24, 2.45) is 5.73 Å². The van der Waals surface area contributed by atoms with Gasteiger partial charge in [-0.3, -0.25) is 10.1 Å². The van der Waals surface area contributed by atoms with Gasteiger partial charge in [0.2, 0.25) is 5.91 Å². The van der Waals surface area contributed by atoms with Crippen LogP contribution in [-0.2, 0) is 4.79 Å². The molecular formula is C9H13N3O2S. The fourth-order valence-corrected chi connectivity index (χ4v) is 1.82. The average Bonchev–Trinajstić information content (AvgIpc) is 2.65. The highest BCUT2D eigenvalue weighted by Gasteiger charge is 2.08. The third kappa shape index (κ3) is 4.09. The highest BCUT2D eigenvalue weighted by atomic mass is 32.1. The maximum Gasteiger partial charge on any atom is 0.318 e. The topological polar surface area (TPSA) is 84.2 Å². The second-order valence-electron chi connectivity index (χ2n) is 3.03. The summed E-state index contributed by atoms with van der Waals surface area (Å²) in [5, 5.41) is 6.93. The van der Waals surface area contributed by atoms with Crippen LogP contribution in [0.2, 0.25) is 0 Å². The molecule has 0 fully saturated rings. The molecule has 0 aromatic carbocycles. The van der Waals surface area contributed by atoms with E-state index < -0.39 is 11.9 Å². The Labute approximate surface area is 91.7 Å². The Balaban J connectivity index is 2.31. The molecule has 1 aromatic rings. The molecule has 82 valence electrons. The first-order valence-electron chi connectivity index (χ1n) is 4.45. The third-order valence-electron chi connectivity index (χ3n) is 1.80. The van der Waals surface area contributed by atoms with E-state index in [0.717, 1.165) is 4.88 Å². The van der Waals surface area contributed by atoms with Crippen molar-refractivity contribution in [2.75, 3.05) is 6.54 Å². The number of nitrogens with one attached hydrogen (secondary N) is 2. The molecular weight excluding hydrogens is 214 g/mol. The smallest absolute Gasteiger partial charge is 0.318 e. The quantitative estimate of drug-likeness (QED) is 0.704. The number of carbonyl (C=O) groups excluding carboxylic acids is 2. The van der Waals surface area contributed by atoms with Crippen LogP contribution in [0.25, 0.3) is 0 Å². The molecule has 0 spiro atoms. The fraction of sp³-hybridized carbons (Fsp3) is 0.333. The Morgan fingerprint density at radius 3 is 2.87 bits per heavy atom. The van der Waals surface area contributed by atoms with Crippen LogP contribution in [-0.4, -0.2) is 18.5 Å². The number of amides is 3. The summed E-state index contributed by atoms with van der Waals surface area (Å²) in [5.41, 5.74) is 4.80. The minimum atomic E-state index is -0.828. The molecule has 0 saturated heterocycles. The lowest BCUT2D eigenvalue weighted by Gasteiger charge is -2.10. The average molecular weight is 227 g/mol. The molecule has 0 aliphatic carbocycles. The summed E-state index contributed by atoms with van der Waals surface area (Å²) in [6.45, 7) is 2.02. The van der Waals surface area contributed by atoms with Crippen molar-refractivity contribution < 1.29 is 9.59 Å². The first-order chi connectivity index (χ1) is 7.09. The maximum atomic E-state index is 11.1. The third-order valence-corrected chi connectivity index (χ3v) is 2.86. The summed E-state index contributed by atoms with van der Waals surface area (Å²) in [5.74, 6) is -0.425. The molecule has 1 unspecified atom stereocenters. The Bertz CT molecular complexity index is 337. The zero-order chi connectivity index (χ0) is 11.3. The van der Waals surface area contributed by atoms with Crippen molar-refractivity contribution in [3.8, 4) is 0 Å². The number of primary amides is 1. The first-order valence-corrected chi connectivity index (χ1v) is 5.33. The van der Waals surface area contributed by atoms with E-state index in [4.69, 9.17) is 5.73 Å². The van der Waals surface area contributed by atoms with Crippen LogP contribution in [0, 0.1) is 0 Å². The van der Waals surface area contributed by atoms with Crippen LogP contribution in [0.15, 0.2) is 17.5 Å². The van der Waals surface area contributed by atoms with E-state index in [2.05, 4.69) is 5.32 Å². The molecule has 6 heteroatoms. The van der Waals surface area contributed by atoms with Crippen molar-refractivity contribution in [2.45, 2.75) is 13.0 Å². The zero-order valence-corrected chi connectivity index (χ0v) is 9.14. The largest absolute Gasteiger partial charge is 0.351 e. The number of hydrogen-bond donors (Lipinski definition) is 3. The summed E-state index contributed by atoms with van der Waals surface area (Å²) in [6.07, 6.45) is 0. The molecule has 0 saturated carbocycles. The minimum Gasteiger partial charge on any atom is -0.351 e. The van der Waals surface area contributed by atoms with E-state index in [1.807, 2.05) is 29.8 Å². The van der Waals surface area contributed by atoms with Gasteiger partial charge in [-0.2, -0.15) is 0 Å². The van der Waals surface area contributed by atoms with Crippen molar-refractivity contribution in [1.29, 1.82) is 0 Å². The van der Waals surface area contributed by atoms with Gasteiger partial charge in [0.25, 0.3) is 0 Å². The van der Waals surface area contributed by atoms with Crippen LogP contribution >= 0.6 is 11.3 Å². The Kier molecular flexibility index (Phi) is 4.26. The summed E-state index contributed by atoms with van der Waals surface area (Å²) < 4.78 is 0. The van der Waals surface area contributed by atoms with Gasteiger partial charge in [0.15, 0.2) is 0 Å². The molecule has 0 aliphatic heterocycles. The Hall–Kier alpha value is -1.40. The van der Waals surface area contributed by atoms with Crippen LogP contribution in [0.3, 0.4) is 0 Å². The SMILES string of the molecule is CC(NCC(=O)NC(N)=O)c1cccs1. The second-order valence-corrected chi connectivity index (χ2v) is 4.01. The minimum absolute atomic E-state index is 0.0714. The number of carbonyl (C=O) groups is 2. The Morgan fingerprint density at radius 1 is 1.60 bits per heavy atom. The standard InChI is InChI=1S/C9H13N3O2S/c1-6(7-3-2-4-15-7)11-5-8(13)12-9(10)14/h2-4,6,11H,5H2,1H3,(H3,10,12,13,14). The number of imide groups is 1. The summed E-state index contributed by atoms with van der Waals surface area (Å²) in [7, 11) is 0. The van der Waals surface area contributed by atoms with Gasteiger partial charge in [-0.05, 0) is 18.4 Å². The van der Waals surface area contributed by atoms with Crippen molar-refractivity contribution in [1.82, 2.24) is 10.6 Å². The zero-order valence-electron chi connectivity index (χ0n) is 8.32. The molecule has 4 N–H and O–H groups in total. The summed E-state index contributed by atoms with van der Waals surface area (Å²) in [4.78, 5) is 22.5. The highest BCUT2D eigenvalue weighted by Crippen LogP contribution is 2.17. The maximum absolute atomic E-state index is 11.1. The lowest BCUT2D eigenvalue weighted by molar-refractivity contribution is -0.119. The van der Waals surface area contributed by atoms with E-state index in [1.54, 1.807) is 11.3 Å². The van der Waals surface area contributed by atoms with Gasteiger partial charge in [-0.25, -0.2) is 4.79 Å². The van der Waals surface area contributed by atoms with Gasteiger partial charge in [0.05, 0.1) is 6.54 Å². The normalized spacial score (nSPS) is 12.1. The van der Waals surface area contributed by atoms with Crippen molar-refractivity contribution in [3.05, 3.63) is 22.4 Å². The van der Waals surface area contributed by atoms with Crippen molar-refractivity contribution >= 4 is 23.3 Å². The van der Waals surface area contributed by atoms with E-state index in [9.17, 15) is 9.59 Å². The number of hydrogen-bond acceptors (Lipinski definition) is 4. The van der Waals surface area contributed by atoms with Gasteiger partial charge in [-0.15, -0.1) is 11.3 Å². The summed E-state index contributed by atoms with van der Waals surface area (Å²) >= 11 is 1.61. The summed E-state index contributed by atoms with van der Waals surface area (Å²) in [6, 6.07) is 3.19. The molecule has 1 aromatic heterocycles. The predicted octanol–water partition coefficient (Wildman–Crippen LogP) is 0.594. The van der Waals surface area contributed by atoms with Crippen LogP contribution < -0.4 is 16.4 Å². The molecule has 15 heavy (non-hydrogen) atoms. The highest BCUT2D eigenvalue weighted by molar-refractivity contribution is 7.10. The monoisotopic (exact) mass is 227 g/mol. The lowest BCUT2D eigenvalue weighted by atomic mass is 10.3. The second kappa shape index (κ2) is 5.47. The molecule has 1 heterocycles. The fourth-order valence-electron chi connectivity index (χ4n) is 1.07. The number of rotatable bonds is 4. The molecule has 1 atom stereocenters. The molecule has 3 amide bonds. The van der Waals surface area contributed by atoms with Gasteiger partial charge in [0, 0.05) is 10.9 Å². The van der Waals surface area contributed by atoms with Gasteiger partial charge in [0.1, 0.15) is 0 Å². The lowest BCUT2D eigenvalue weighted by Crippen LogP contribution is -2.41. The van der Waals surface area contributed by atoms with Gasteiger partial charge >= 0.3 is 6.03 Å². The first kappa shape index (κ1) is 11.7. The van der Waals surface area contributed by atoms with E-state index in [1.165, 1.54) is 0 Å². The molecule has 0 bridgehead atoms. The van der Waals surface area contributed by atoms with Crippen LogP contribution in [0.1, 0.15) is 17.8 Å². The van der Waals surface area contributed by atoms with Gasteiger partial charge in [-0.1, -0.05) is 6.07 Å². The number of nitrogens with two attached hydrogens (primary N) is 1.